The van der Waals surface area contributed by atoms with Crippen LogP contribution in [0.2, 0.25) is 0 Å². The summed E-state index contributed by atoms with van der Waals surface area (Å²) in [6.45, 7) is 2.81. The molecule has 0 spiro atoms. The van der Waals surface area contributed by atoms with Crippen LogP contribution in [-0.4, -0.2) is 17.8 Å². The molecule has 3 rings (SSSR count). The summed E-state index contributed by atoms with van der Waals surface area (Å²) in [5.74, 6) is 0.840. The van der Waals surface area contributed by atoms with E-state index in [-0.39, 0.29) is 17.2 Å². The minimum atomic E-state index is -0.347. The van der Waals surface area contributed by atoms with Crippen LogP contribution in [0, 0.1) is 0 Å². The fraction of sp³-hybridized carbons (Fsp3) is 0.316. The zero-order valence-corrected chi connectivity index (χ0v) is 16.0. The summed E-state index contributed by atoms with van der Waals surface area (Å²) < 4.78 is 6.94. The molecule has 1 amide bonds. The van der Waals surface area contributed by atoms with E-state index >= 15 is 0 Å². The van der Waals surface area contributed by atoms with Crippen molar-refractivity contribution < 1.29 is 9.53 Å². The zero-order valence-electron chi connectivity index (χ0n) is 13.5. The Kier molecular flexibility index (Phi) is 5.51. The lowest BCUT2D eigenvalue weighted by Gasteiger charge is -2.45. The topological polar surface area (TPSA) is 29.5 Å². The molecule has 3 nitrogen and oxygen atoms in total. The second kappa shape index (κ2) is 7.62. The second-order valence-corrected chi connectivity index (χ2v) is 7.29. The standard InChI is InChI=1S/C19H20BrNO2S/c1-2-3-11-23-16-12-13(20)9-10-15(16)17-18(24)19(22)21(17)14-7-5-4-6-8-14/h4-10,12,17-18,24H,2-3,11H2,1H3/t17-,18+/m1/s1. The van der Waals surface area contributed by atoms with Crippen LogP contribution in [0.15, 0.2) is 53.0 Å². The molecule has 1 heterocycles. The van der Waals surface area contributed by atoms with Gasteiger partial charge in [0.15, 0.2) is 0 Å². The highest BCUT2D eigenvalue weighted by Crippen LogP contribution is 2.45. The monoisotopic (exact) mass is 405 g/mol. The van der Waals surface area contributed by atoms with Gasteiger partial charge in [-0.25, -0.2) is 0 Å². The van der Waals surface area contributed by atoms with E-state index in [1.807, 2.05) is 48.5 Å². The number of ether oxygens (including phenoxy) is 1. The average molecular weight is 406 g/mol. The number of rotatable bonds is 6. The Hall–Kier alpha value is -1.46. The van der Waals surface area contributed by atoms with Crippen molar-refractivity contribution in [1.82, 2.24) is 0 Å². The highest BCUT2D eigenvalue weighted by molar-refractivity contribution is 9.10. The maximum atomic E-state index is 12.4. The Morgan fingerprint density at radius 2 is 1.96 bits per heavy atom. The number of nitrogens with zero attached hydrogens (tertiary/aromatic N) is 1. The van der Waals surface area contributed by atoms with E-state index in [4.69, 9.17) is 4.74 Å². The molecule has 1 fully saturated rings. The summed E-state index contributed by atoms with van der Waals surface area (Å²) in [4.78, 5) is 14.2. The Bertz CT molecular complexity index is 723. The van der Waals surface area contributed by atoms with Crippen molar-refractivity contribution in [2.45, 2.75) is 31.1 Å². The number of benzene rings is 2. The molecule has 0 N–H and O–H groups in total. The van der Waals surface area contributed by atoms with Gasteiger partial charge in [0, 0.05) is 15.7 Å². The molecule has 2 aromatic rings. The summed E-state index contributed by atoms with van der Waals surface area (Å²) in [5, 5.41) is -0.347. The van der Waals surface area contributed by atoms with Crippen molar-refractivity contribution in [3.05, 3.63) is 58.6 Å². The zero-order chi connectivity index (χ0) is 17.1. The average Bonchev–Trinajstić information content (AvgIpc) is 2.60. The van der Waals surface area contributed by atoms with E-state index in [9.17, 15) is 4.79 Å². The summed E-state index contributed by atoms with van der Waals surface area (Å²) in [6.07, 6.45) is 2.08. The maximum absolute atomic E-state index is 12.4. The molecule has 0 unspecified atom stereocenters. The normalized spacial score (nSPS) is 20.0. The number of anilines is 1. The van der Waals surface area contributed by atoms with Crippen LogP contribution >= 0.6 is 28.6 Å². The van der Waals surface area contributed by atoms with Gasteiger partial charge in [0.25, 0.3) is 0 Å². The van der Waals surface area contributed by atoms with Gasteiger partial charge in [0.2, 0.25) is 5.91 Å². The Morgan fingerprint density at radius 1 is 1.21 bits per heavy atom. The molecule has 0 saturated carbocycles. The highest BCUT2D eigenvalue weighted by Gasteiger charge is 2.47. The quantitative estimate of drug-likeness (QED) is 0.415. The molecule has 5 heteroatoms. The van der Waals surface area contributed by atoms with Gasteiger partial charge in [-0.1, -0.05) is 53.5 Å². The van der Waals surface area contributed by atoms with Gasteiger partial charge in [0.05, 0.1) is 12.6 Å². The minimum absolute atomic E-state index is 0.0250. The molecule has 2 atom stereocenters. The number of carbonyl (C=O) groups is 1. The summed E-state index contributed by atoms with van der Waals surface area (Å²) in [7, 11) is 0. The van der Waals surface area contributed by atoms with E-state index in [1.54, 1.807) is 4.90 Å². The van der Waals surface area contributed by atoms with Crippen LogP contribution in [0.4, 0.5) is 5.69 Å². The first-order valence-corrected chi connectivity index (χ1v) is 9.43. The molecular formula is C19H20BrNO2S. The molecule has 0 aromatic heterocycles. The summed E-state index contributed by atoms with van der Waals surface area (Å²) in [6, 6.07) is 15.6. The van der Waals surface area contributed by atoms with Crippen molar-refractivity contribution in [3.63, 3.8) is 0 Å². The summed E-state index contributed by atoms with van der Waals surface area (Å²) >= 11 is 8.02. The van der Waals surface area contributed by atoms with E-state index in [0.29, 0.717) is 6.61 Å². The van der Waals surface area contributed by atoms with Gasteiger partial charge >= 0.3 is 0 Å². The van der Waals surface area contributed by atoms with Crippen molar-refractivity contribution in [2.75, 3.05) is 11.5 Å². The van der Waals surface area contributed by atoms with Gasteiger partial charge in [-0.15, -0.1) is 0 Å². The van der Waals surface area contributed by atoms with Crippen molar-refractivity contribution in [3.8, 4) is 5.75 Å². The predicted molar refractivity (Wildman–Crippen MR) is 104 cm³/mol. The van der Waals surface area contributed by atoms with E-state index in [1.165, 1.54) is 0 Å². The van der Waals surface area contributed by atoms with Crippen LogP contribution in [0.3, 0.4) is 0 Å². The number of hydrogen-bond donors (Lipinski definition) is 1. The highest BCUT2D eigenvalue weighted by atomic mass is 79.9. The smallest absolute Gasteiger partial charge is 0.242 e. The lowest BCUT2D eigenvalue weighted by molar-refractivity contribution is -0.123. The first kappa shape index (κ1) is 17.4. The molecule has 1 aliphatic rings. The van der Waals surface area contributed by atoms with Crippen LogP contribution in [0.5, 0.6) is 5.75 Å². The van der Waals surface area contributed by atoms with Gasteiger partial charge in [-0.2, -0.15) is 12.6 Å². The molecule has 0 bridgehead atoms. The van der Waals surface area contributed by atoms with Gasteiger partial charge in [-0.3, -0.25) is 4.79 Å². The lowest BCUT2D eigenvalue weighted by Crippen LogP contribution is -2.56. The fourth-order valence-electron chi connectivity index (χ4n) is 2.86. The second-order valence-electron chi connectivity index (χ2n) is 5.82. The minimum Gasteiger partial charge on any atom is -0.493 e. The summed E-state index contributed by atoms with van der Waals surface area (Å²) in [5.41, 5.74) is 1.89. The van der Waals surface area contributed by atoms with Gasteiger partial charge < -0.3 is 9.64 Å². The number of amides is 1. The van der Waals surface area contributed by atoms with Gasteiger partial charge in [0.1, 0.15) is 11.0 Å². The largest absolute Gasteiger partial charge is 0.493 e. The predicted octanol–water partition coefficient (Wildman–Crippen LogP) is 5.01. The van der Waals surface area contributed by atoms with Crippen molar-refractivity contribution >= 4 is 40.2 Å². The molecule has 0 radical (unpaired) electrons. The van der Waals surface area contributed by atoms with Crippen LogP contribution in [-0.2, 0) is 4.79 Å². The van der Waals surface area contributed by atoms with Crippen LogP contribution in [0.25, 0.3) is 0 Å². The molecule has 1 aliphatic heterocycles. The van der Waals surface area contributed by atoms with E-state index < -0.39 is 0 Å². The molecule has 1 saturated heterocycles. The number of carbonyl (C=O) groups excluding carboxylic acids is 1. The third kappa shape index (κ3) is 3.33. The first-order chi connectivity index (χ1) is 11.6. The van der Waals surface area contributed by atoms with Crippen molar-refractivity contribution in [1.29, 1.82) is 0 Å². The number of β-lactam (4-membered cyclic amide) rings is 1. The molecule has 24 heavy (non-hydrogen) atoms. The first-order valence-electron chi connectivity index (χ1n) is 8.12. The third-order valence-corrected chi connectivity index (χ3v) is 5.15. The Morgan fingerprint density at radius 3 is 2.67 bits per heavy atom. The number of hydrogen-bond acceptors (Lipinski definition) is 3. The number of halogens is 1. The molecule has 126 valence electrons. The van der Waals surface area contributed by atoms with E-state index in [2.05, 4.69) is 35.5 Å². The van der Waals surface area contributed by atoms with E-state index in [0.717, 1.165) is 34.3 Å². The van der Waals surface area contributed by atoms with Crippen LogP contribution < -0.4 is 9.64 Å². The molecule has 0 aliphatic carbocycles. The molecule has 2 aromatic carbocycles. The lowest BCUT2D eigenvalue weighted by atomic mass is 9.91. The third-order valence-electron chi connectivity index (χ3n) is 4.15. The maximum Gasteiger partial charge on any atom is 0.242 e. The van der Waals surface area contributed by atoms with Crippen molar-refractivity contribution in [2.24, 2.45) is 0 Å². The fourth-order valence-corrected chi connectivity index (χ4v) is 3.62. The van der Waals surface area contributed by atoms with Crippen LogP contribution in [0.1, 0.15) is 31.4 Å². The number of thiol groups is 1. The number of para-hydroxylation sites is 1. The molecular weight excluding hydrogens is 386 g/mol. The van der Waals surface area contributed by atoms with Gasteiger partial charge in [-0.05, 0) is 30.7 Å². The SMILES string of the molecule is CCCCOc1cc(Br)ccc1[C@@H]1[C@H](S)C(=O)N1c1ccccc1. The Labute approximate surface area is 156 Å². The Balaban J connectivity index is 1.93. The number of unbranched alkanes of at least 4 members (excludes halogenated alkanes) is 1.